The fourth-order valence-corrected chi connectivity index (χ4v) is 3.31. The molecular weight excluding hydrogens is 226 g/mol. The quantitative estimate of drug-likeness (QED) is 0.862. The molecule has 2 heteroatoms. The van der Waals surface area contributed by atoms with Crippen LogP contribution in [0.1, 0.15) is 33.2 Å². The number of hydrogen-bond acceptors (Lipinski definition) is 2. The molecule has 0 saturated heterocycles. The molecular formula is C15H19NS. The molecule has 1 atom stereocenters. The lowest BCUT2D eigenvalue weighted by Gasteiger charge is -2.19. The number of nitrogens with one attached hydrogen (secondary N) is 1. The van der Waals surface area contributed by atoms with Crippen LogP contribution in [-0.2, 0) is 0 Å². The highest BCUT2D eigenvalue weighted by Gasteiger charge is 2.17. The van der Waals surface area contributed by atoms with Gasteiger partial charge in [0.05, 0.1) is 6.04 Å². The Bertz CT molecular complexity index is 513. The van der Waals surface area contributed by atoms with Crippen molar-refractivity contribution in [3.8, 4) is 0 Å². The zero-order chi connectivity index (χ0) is 12.4. The van der Waals surface area contributed by atoms with E-state index in [4.69, 9.17) is 0 Å². The average Bonchev–Trinajstić information content (AvgIpc) is 2.69. The molecule has 2 aromatic rings. The molecule has 0 fully saturated rings. The third kappa shape index (κ3) is 2.43. The molecule has 0 saturated carbocycles. The smallest absolute Gasteiger partial charge is 0.0673 e. The Labute approximate surface area is 108 Å². The van der Waals surface area contributed by atoms with Crippen LogP contribution in [0.3, 0.4) is 0 Å². The number of benzene rings is 1. The van der Waals surface area contributed by atoms with Crippen LogP contribution in [0, 0.1) is 20.8 Å². The van der Waals surface area contributed by atoms with Crippen LogP contribution in [0.25, 0.3) is 0 Å². The van der Waals surface area contributed by atoms with Crippen molar-refractivity contribution in [2.45, 2.75) is 26.8 Å². The maximum absolute atomic E-state index is 3.43. The summed E-state index contributed by atoms with van der Waals surface area (Å²) in [5.74, 6) is 0. The average molecular weight is 245 g/mol. The summed E-state index contributed by atoms with van der Waals surface area (Å²) < 4.78 is 0. The first-order valence-electron chi connectivity index (χ1n) is 5.92. The van der Waals surface area contributed by atoms with E-state index in [1.54, 1.807) is 0 Å². The summed E-state index contributed by atoms with van der Waals surface area (Å²) in [6.45, 7) is 6.51. The first-order chi connectivity index (χ1) is 8.13. The number of thiophene rings is 1. The highest BCUT2D eigenvalue weighted by molar-refractivity contribution is 7.10. The third-order valence-corrected chi connectivity index (χ3v) is 4.27. The van der Waals surface area contributed by atoms with E-state index < -0.39 is 0 Å². The maximum atomic E-state index is 3.43. The summed E-state index contributed by atoms with van der Waals surface area (Å²) in [4.78, 5) is 1.42. The molecule has 90 valence electrons. The molecule has 1 heterocycles. The van der Waals surface area contributed by atoms with Gasteiger partial charge in [0.2, 0.25) is 0 Å². The highest BCUT2D eigenvalue weighted by Crippen LogP contribution is 2.31. The lowest BCUT2D eigenvalue weighted by atomic mass is 9.97. The van der Waals surface area contributed by atoms with Gasteiger partial charge in [0.15, 0.2) is 0 Å². The van der Waals surface area contributed by atoms with E-state index in [0.717, 1.165) is 0 Å². The summed E-state index contributed by atoms with van der Waals surface area (Å²) in [5, 5.41) is 5.60. The monoisotopic (exact) mass is 245 g/mol. The van der Waals surface area contributed by atoms with Gasteiger partial charge in [0.1, 0.15) is 0 Å². The molecule has 2 rings (SSSR count). The Kier molecular flexibility index (Phi) is 3.65. The first kappa shape index (κ1) is 12.3. The molecule has 0 bridgehead atoms. The molecule has 1 N–H and O–H groups in total. The third-order valence-electron chi connectivity index (χ3n) is 3.19. The summed E-state index contributed by atoms with van der Waals surface area (Å²) in [6.07, 6.45) is 0. The van der Waals surface area contributed by atoms with Crippen molar-refractivity contribution in [2.75, 3.05) is 7.05 Å². The zero-order valence-electron chi connectivity index (χ0n) is 10.9. The largest absolute Gasteiger partial charge is 0.309 e. The predicted molar refractivity (Wildman–Crippen MR) is 75.9 cm³/mol. The van der Waals surface area contributed by atoms with E-state index in [1.807, 2.05) is 18.4 Å². The number of rotatable bonds is 3. The standard InChI is InChI=1S/C15H19NS/c1-10-5-6-13(12(3)9-10)14(16-4)15-11(2)7-8-17-15/h5-9,14,16H,1-4H3. The topological polar surface area (TPSA) is 12.0 Å². The second-order valence-corrected chi connectivity index (χ2v) is 5.50. The summed E-state index contributed by atoms with van der Waals surface area (Å²) in [7, 11) is 2.03. The zero-order valence-corrected chi connectivity index (χ0v) is 11.7. The molecule has 0 spiro atoms. The van der Waals surface area contributed by atoms with Gasteiger partial charge in [-0.25, -0.2) is 0 Å². The van der Waals surface area contributed by atoms with Crippen molar-refractivity contribution in [3.63, 3.8) is 0 Å². The van der Waals surface area contributed by atoms with Crippen LogP contribution in [0.2, 0.25) is 0 Å². The van der Waals surface area contributed by atoms with Crippen LogP contribution in [0.5, 0.6) is 0 Å². The number of hydrogen-bond donors (Lipinski definition) is 1. The van der Waals surface area contributed by atoms with E-state index in [9.17, 15) is 0 Å². The molecule has 0 aliphatic rings. The van der Waals surface area contributed by atoms with Crippen LogP contribution >= 0.6 is 11.3 Å². The summed E-state index contributed by atoms with van der Waals surface area (Å²) in [5.41, 5.74) is 5.43. The van der Waals surface area contributed by atoms with Gasteiger partial charge in [-0.2, -0.15) is 0 Å². The van der Waals surface area contributed by atoms with Crippen LogP contribution in [-0.4, -0.2) is 7.05 Å². The normalized spacial score (nSPS) is 12.7. The van der Waals surface area contributed by atoms with Gasteiger partial charge in [0.25, 0.3) is 0 Å². The second kappa shape index (κ2) is 5.03. The molecule has 0 aliphatic carbocycles. The molecule has 1 nitrogen and oxygen atoms in total. The van der Waals surface area contributed by atoms with Gasteiger partial charge < -0.3 is 5.32 Å². The first-order valence-corrected chi connectivity index (χ1v) is 6.80. The Balaban J connectivity index is 2.46. The Morgan fingerprint density at radius 3 is 2.35 bits per heavy atom. The van der Waals surface area contributed by atoms with Gasteiger partial charge in [-0.15, -0.1) is 11.3 Å². The molecule has 1 aromatic carbocycles. The lowest BCUT2D eigenvalue weighted by molar-refractivity contribution is 0.695. The summed E-state index contributed by atoms with van der Waals surface area (Å²) in [6, 6.07) is 9.19. The Morgan fingerprint density at radius 1 is 1.06 bits per heavy atom. The molecule has 17 heavy (non-hydrogen) atoms. The molecule has 0 radical (unpaired) electrons. The van der Waals surface area contributed by atoms with Gasteiger partial charge in [-0.3, -0.25) is 0 Å². The SMILES string of the molecule is CNC(c1ccc(C)cc1C)c1sccc1C. The summed E-state index contributed by atoms with van der Waals surface area (Å²) >= 11 is 1.83. The predicted octanol–water partition coefficient (Wildman–Crippen LogP) is 3.98. The fourth-order valence-electron chi connectivity index (χ4n) is 2.26. The molecule has 1 aromatic heterocycles. The van der Waals surface area contributed by atoms with E-state index in [-0.39, 0.29) is 0 Å². The van der Waals surface area contributed by atoms with E-state index in [0.29, 0.717) is 6.04 Å². The number of aryl methyl sites for hydroxylation is 3. The van der Waals surface area contributed by atoms with Gasteiger partial charge >= 0.3 is 0 Å². The highest BCUT2D eigenvalue weighted by atomic mass is 32.1. The van der Waals surface area contributed by atoms with Crippen molar-refractivity contribution in [3.05, 3.63) is 56.8 Å². The van der Waals surface area contributed by atoms with Crippen molar-refractivity contribution in [1.29, 1.82) is 0 Å². The maximum Gasteiger partial charge on any atom is 0.0673 e. The van der Waals surface area contributed by atoms with Crippen molar-refractivity contribution in [1.82, 2.24) is 5.32 Å². The second-order valence-electron chi connectivity index (χ2n) is 4.55. The Morgan fingerprint density at radius 2 is 1.82 bits per heavy atom. The minimum atomic E-state index is 0.315. The van der Waals surface area contributed by atoms with Crippen LogP contribution in [0.4, 0.5) is 0 Å². The van der Waals surface area contributed by atoms with E-state index in [1.165, 1.54) is 27.1 Å². The molecule has 0 amide bonds. The molecule has 1 unspecified atom stereocenters. The van der Waals surface area contributed by atoms with Crippen molar-refractivity contribution in [2.24, 2.45) is 0 Å². The van der Waals surface area contributed by atoms with E-state index >= 15 is 0 Å². The van der Waals surface area contributed by atoms with Crippen LogP contribution < -0.4 is 5.32 Å². The van der Waals surface area contributed by atoms with Crippen molar-refractivity contribution < 1.29 is 0 Å². The Hall–Kier alpha value is -1.12. The van der Waals surface area contributed by atoms with Gasteiger partial charge in [-0.1, -0.05) is 23.8 Å². The van der Waals surface area contributed by atoms with Crippen LogP contribution in [0.15, 0.2) is 29.6 Å². The van der Waals surface area contributed by atoms with Gasteiger partial charge in [0, 0.05) is 4.88 Å². The fraction of sp³-hybridized carbons (Fsp3) is 0.333. The minimum absolute atomic E-state index is 0.315. The minimum Gasteiger partial charge on any atom is -0.309 e. The van der Waals surface area contributed by atoms with Gasteiger partial charge in [-0.05, 0) is 56.0 Å². The lowest BCUT2D eigenvalue weighted by Crippen LogP contribution is -2.18. The van der Waals surface area contributed by atoms with E-state index in [2.05, 4.69) is 55.7 Å². The molecule has 0 aliphatic heterocycles. The van der Waals surface area contributed by atoms with Crippen molar-refractivity contribution >= 4 is 11.3 Å².